The highest BCUT2D eigenvalue weighted by atomic mass is 16.6. The fourth-order valence-electron chi connectivity index (χ4n) is 6.90. The van der Waals surface area contributed by atoms with Gasteiger partial charge in [0.15, 0.2) is 6.10 Å². The lowest BCUT2D eigenvalue weighted by atomic mass is 10.1. The Labute approximate surface area is 435 Å². The zero-order valence-corrected chi connectivity index (χ0v) is 45.2. The third kappa shape index (κ3) is 55.8. The van der Waals surface area contributed by atoms with Crippen LogP contribution in [0.2, 0.25) is 0 Å². The molecule has 6 heteroatoms. The van der Waals surface area contributed by atoms with Gasteiger partial charge in [0.05, 0.1) is 6.42 Å². The Kier molecular flexibility index (Phi) is 53.6. The molecule has 0 bridgehead atoms. The van der Waals surface area contributed by atoms with Crippen molar-refractivity contribution in [2.45, 2.75) is 219 Å². The molecule has 396 valence electrons. The molecule has 0 aromatic carbocycles. The maximum absolute atomic E-state index is 12.8. The van der Waals surface area contributed by atoms with Crippen molar-refractivity contribution in [3.63, 3.8) is 0 Å². The molecule has 0 N–H and O–H groups in total. The molecule has 0 radical (unpaired) electrons. The predicted octanol–water partition coefficient (Wildman–Crippen LogP) is 19.0. The minimum Gasteiger partial charge on any atom is -0.462 e. The molecule has 6 nitrogen and oxygen atoms in total. The fourth-order valence-corrected chi connectivity index (χ4v) is 6.90. The molecule has 0 rings (SSSR count). The van der Waals surface area contributed by atoms with E-state index in [0.29, 0.717) is 19.3 Å². The minimum absolute atomic E-state index is 0.0798. The Balaban J connectivity index is 4.57. The Morgan fingerprint density at radius 1 is 0.310 bits per heavy atom. The molecule has 0 aliphatic carbocycles. The van der Waals surface area contributed by atoms with Crippen LogP contribution >= 0.6 is 0 Å². The quantitative estimate of drug-likeness (QED) is 0.0262. The lowest BCUT2D eigenvalue weighted by Crippen LogP contribution is -2.30. The second kappa shape index (κ2) is 57.6. The van der Waals surface area contributed by atoms with Crippen LogP contribution < -0.4 is 0 Å². The van der Waals surface area contributed by atoms with E-state index in [1.54, 1.807) is 6.08 Å². The summed E-state index contributed by atoms with van der Waals surface area (Å²) in [6.45, 7) is 6.24. The highest BCUT2D eigenvalue weighted by molar-refractivity contribution is 5.72. The smallest absolute Gasteiger partial charge is 0.310 e. The van der Waals surface area contributed by atoms with Gasteiger partial charge in [-0.1, -0.05) is 224 Å². The van der Waals surface area contributed by atoms with Crippen LogP contribution in [0.15, 0.2) is 158 Å². The van der Waals surface area contributed by atoms with Crippen molar-refractivity contribution in [2.24, 2.45) is 0 Å². The van der Waals surface area contributed by atoms with Crippen LogP contribution in [0.5, 0.6) is 0 Å². The van der Waals surface area contributed by atoms with E-state index in [1.807, 2.05) is 6.08 Å². The van der Waals surface area contributed by atoms with Gasteiger partial charge in [-0.25, -0.2) is 0 Å². The second-order valence-electron chi connectivity index (χ2n) is 17.7. The van der Waals surface area contributed by atoms with Gasteiger partial charge in [-0.05, 0) is 128 Å². The standard InChI is InChI=1S/C65H100O6/c1-4-7-10-13-16-19-22-25-28-29-30-31-32-33-34-35-38-40-43-46-49-52-55-58-64(67)70-61-62(71-65(68)59-56-53-50-47-44-41-37-27-24-21-18-15-12-9-6-3)60-69-63(66)57-54-51-48-45-42-39-36-26-23-20-17-14-11-8-5-2/h7,9-10,12,16-21,25-28,30-31,33-34,36-38,40,44,47,53,56,62H,4-6,8,11,13-15,22-24,29,32,35,39,41-43,45-46,48-52,54-55,57-61H2,1-3H3/b10-7-,12-9-,19-16-,20-17-,21-18-,28-25-,31-30-,34-33-,36-26-,37-27-,40-38-,47-44-,56-53-. The van der Waals surface area contributed by atoms with Gasteiger partial charge >= 0.3 is 17.9 Å². The maximum atomic E-state index is 12.8. The van der Waals surface area contributed by atoms with E-state index in [1.165, 1.54) is 25.7 Å². The molecule has 0 saturated heterocycles. The number of esters is 3. The Morgan fingerprint density at radius 3 is 0.930 bits per heavy atom. The highest BCUT2D eigenvalue weighted by Crippen LogP contribution is 2.11. The second-order valence-corrected chi connectivity index (χ2v) is 17.7. The zero-order valence-electron chi connectivity index (χ0n) is 45.2. The lowest BCUT2D eigenvalue weighted by molar-refractivity contribution is -0.166. The van der Waals surface area contributed by atoms with Crippen molar-refractivity contribution < 1.29 is 28.6 Å². The third-order valence-electron chi connectivity index (χ3n) is 11.0. The molecule has 0 fully saturated rings. The summed E-state index contributed by atoms with van der Waals surface area (Å²) in [4.78, 5) is 38.1. The number of hydrogen-bond donors (Lipinski definition) is 0. The molecule has 0 amide bonds. The molecule has 0 aromatic rings. The third-order valence-corrected chi connectivity index (χ3v) is 11.0. The van der Waals surface area contributed by atoms with E-state index in [4.69, 9.17) is 14.2 Å². The van der Waals surface area contributed by atoms with E-state index in [-0.39, 0.29) is 31.6 Å². The summed E-state index contributed by atoms with van der Waals surface area (Å²) < 4.78 is 16.7. The number of carbonyl (C=O) groups excluding carboxylic acids is 3. The Hall–Kier alpha value is -4.97. The predicted molar refractivity (Wildman–Crippen MR) is 306 cm³/mol. The van der Waals surface area contributed by atoms with Crippen molar-refractivity contribution in [1.29, 1.82) is 0 Å². The number of unbranched alkanes of at least 4 members (excludes halogenated alkanes) is 12. The Morgan fingerprint density at radius 2 is 0.592 bits per heavy atom. The molecule has 0 aromatic heterocycles. The van der Waals surface area contributed by atoms with Gasteiger partial charge in [0, 0.05) is 12.8 Å². The molecular weight excluding hydrogens is 877 g/mol. The molecule has 0 saturated carbocycles. The lowest BCUT2D eigenvalue weighted by Gasteiger charge is -2.18. The van der Waals surface area contributed by atoms with Crippen LogP contribution in [0.4, 0.5) is 0 Å². The first-order valence-electron chi connectivity index (χ1n) is 28.0. The summed E-state index contributed by atoms with van der Waals surface area (Å²) in [5, 5.41) is 0. The summed E-state index contributed by atoms with van der Waals surface area (Å²) in [5.74, 6) is -1.12. The largest absolute Gasteiger partial charge is 0.462 e. The molecular formula is C65H100O6. The summed E-state index contributed by atoms with van der Waals surface area (Å²) in [6.07, 6.45) is 84.0. The zero-order chi connectivity index (χ0) is 51.4. The average Bonchev–Trinajstić information content (AvgIpc) is 3.37. The highest BCUT2D eigenvalue weighted by Gasteiger charge is 2.19. The van der Waals surface area contributed by atoms with Gasteiger partial charge in [0.2, 0.25) is 0 Å². The van der Waals surface area contributed by atoms with Gasteiger partial charge in [-0.15, -0.1) is 0 Å². The number of ether oxygens (including phenoxy) is 3. The number of hydrogen-bond acceptors (Lipinski definition) is 6. The molecule has 1 unspecified atom stereocenters. The maximum Gasteiger partial charge on any atom is 0.310 e. The van der Waals surface area contributed by atoms with Gasteiger partial charge in [-0.3, -0.25) is 14.4 Å². The first-order valence-corrected chi connectivity index (χ1v) is 28.0. The summed E-state index contributed by atoms with van der Waals surface area (Å²) >= 11 is 0. The SMILES string of the molecule is CC/C=C\C/C=C\C/C=C\C/C=C\C/C=C\C/C=C\CCCCCCC(=O)OCC(COC(=O)CCCCCCC/C=C\C/C=C\CCCCC)OC(=O)C/C=C\C/C=C\C/C=C\C/C=C\C/C=C\CC. The molecule has 1 atom stereocenters. The number of rotatable bonds is 48. The molecule has 0 heterocycles. The van der Waals surface area contributed by atoms with E-state index < -0.39 is 12.1 Å². The number of allylic oxidation sites excluding steroid dienone is 25. The van der Waals surface area contributed by atoms with Crippen LogP contribution in [-0.2, 0) is 28.6 Å². The van der Waals surface area contributed by atoms with E-state index >= 15 is 0 Å². The monoisotopic (exact) mass is 977 g/mol. The van der Waals surface area contributed by atoms with Crippen LogP contribution in [0.25, 0.3) is 0 Å². The van der Waals surface area contributed by atoms with Crippen molar-refractivity contribution >= 4 is 17.9 Å². The van der Waals surface area contributed by atoms with Crippen molar-refractivity contribution in [2.75, 3.05) is 13.2 Å². The number of carbonyl (C=O) groups is 3. The van der Waals surface area contributed by atoms with Crippen molar-refractivity contribution in [3.8, 4) is 0 Å². The van der Waals surface area contributed by atoms with Gasteiger partial charge in [0.1, 0.15) is 13.2 Å². The van der Waals surface area contributed by atoms with Gasteiger partial charge in [0.25, 0.3) is 0 Å². The van der Waals surface area contributed by atoms with Crippen LogP contribution in [0.1, 0.15) is 213 Å². The Bertz CT molecular complexity index is 1640. The molecule has 0 aliphatic heterocycles. The van der Waals surface area contributed by atoms with E-state index in [9.17, 15) is 14.4 Å². The van der Waals surface area contributed by atoms with Crippen molar-refractivity contribution in [3.05, 3.63) is 158 Å². The average molecular weight is 978 g/mol. The van der Waals surface area contributed by atoms with Crippen molar-refractivity contribution in [1.82, 2.24) is 0 Å². The van der Waals surface area contributed by atoms with Gasteiger partial charge < -0.3 is 14.2 Å². The fraction of sp³-hybridized carbons (Fsp3) is 0.554. The van der Waals surface area contributed by atoms with Gasteiger partial charge in [-0.2, -0.15) is 0 Å². The summed E-state index contributed by atoms with van der Waals surface area (Å²) in [5.41, 5.74) is 0. The minimum atomic E-state index is -0.857. The molecule has 0 spiro atoms. The topological polar surface area (TPSA) is 78.9 Å². The van der Waals surface area contributed by atoms with Crippen LogP contribution in [-0.4, -0.2) is 37.2 Å². The normalized spacial score (nSPS) is 13.3. The first-order chi connectivity index (χ1) is 35.0. The molecule has 0 aliphatic rings. The summed E-state index contributed by atoms with van der Waals surface area (Å²) in [6, 6.07) is 0. The van der Waals surface area contributed by atoms with E-state index in [2.05, 4.69) is 167 Å². The molecule has 71 heavy (non-hydrogen) atoms. The van der Waals surface area contributed by atoms with E-state index in [0.717, 1.165) is 141 Å². The summed E-state index contributed by atoms with van der Waals surface area (Å²) in [7, 11) is 0. The van der Waals surface area contributed by atoms with Crippen LogP contribution in [0, 0.1) is 0 Å². The first kappa shape index (κ1) is 66.0. The van der Waals surface area contributed by atoms with Crippen LogP contribution in [0.3, 0.4) is 0 Å².